The molecule has 0 bridgehead atoms. The van der Waals surface area contributed by atoms with E-state index in [1.54, 1.807) is 45.9 Å². The zero-order chi connectivity index (χ0) is 18.4. The van der Waals surface area contributed by atoms with Crippen LogP contribution in [0.5, 0.6) is 5.75 Å². The predicted octanol–water partition coefficient (Wildman–Crippen LogP) is 2.88. The molecule has 1 aliphatic rings. The van der Waals surface area contributed by atoms with Gasteiger partial charge in [0.15, 0.2) is 6.10 Å². The molecule has 132 valence electrons. The Hall–Kier alpha value is -2.60. The first-order valence-electron chi connectivity index (χ1n) is 7.98. The number of allylic oxidation sites excluding steroid dienone is 1. The van der Waals surface area contributed by atoms with E-state index in [1.165, 1.54) is 12.1 Å². The Kier molecular flexibility index (Phi) is 4.16. The summed E-state index contributed by atoms with van der Waals surface area (Å²) in [6.45, 7) is 6.98. The van der Waals surface area contributed by atoms with Crippen molar-refractivity contribution in [2.75, 3.05) is 0 Å². The first-order chi connectivity index (χ1) is 11.7. The Balaban J connectivity index is 2.12. The predicted molar refractivity (Wildman–Crippen MR) is 91.5 cm³/mol. The summed E-state index contributed by atoms with van der Waals surface area (Å²) in [4.78, 5) is 23.5. The lowest BCUT2D eigenvalue weighted by molar-refractivity contribution is -0.165. The molecule has 25 heavy (non-hydrogen) atoms. The fourth-order valence-corrected chi connectivity index (χ4v) is 2.83. The van der Waals surface area contributed by atoms with Crippen LogP contribution in [0.2, 0.25) is 0 Å². The van der Waals surface area contributed by atoms with Gasteiger partial charge in [-0.15, -0.1) is 0 Å². The number of hydrogen-bond acceptors (Lipinski definition) is 6. The third-order valence-electron chi connectivity index (χ3n) is 4.08. The molecule has 1 aliphatic heterocycles. The maximum absolute atomic E-state index is 12.1. The number of carbonyl (C=O) groups excluding carboxylic acids is 1. The Labute approximate surface area is 144 Å². The average molecular weight is 344 g/mol. The highest BCUT2D eigenvalue weighted by molar-refractivity contribution is 5.83. The summed E-state index contributed by atoms with van der Waals surface area (Å²) in [6.07, 6.45) is -0.574. The van der Waals surface area contributed by atoms with Crippen LogP contribution in [0.25, 0.3) is 11.0 Å². The summed E-state index contributed by atoms with van der Waals surface area (Å²) in [6, 6.07) is 6.21. The van der Waals surface area contributed by atoms with E-state index in [2.05, 4.69) is 0 Å². The van der Waals surface area contributed by atoms with E-state index in [-0.39, 0.29) is 0 Å². The lowest BCUT2D eigenvalue weighted by atomic mass is 9.88. The van der Waals surface area contributed by atoms with Gasteiger partial charge in [-0.1, -0.05) is 5.57 Å². The molecule has 3 rings (SSSR count). The van der Waals surface area contributed by atoms with E-state index in [4.69, 9.17) is 13.9 Å². The van der Waals surface area contributed by atoms with Crippen molar-refractivity contribution in [2.45, 2.75) is 45.5 Å². The van der Waals surface area contributed by atoms with Crippen LogP contribution in [-0.2, 0) is 9.53 Å². The molecular formula is C19H20O6. The van der Waals surface area contributed by atoms with Crippen molar-refractivity contribution in [2.24, 2.45) is 0 Å². The summed E-state index contributed by atoms with van der Waals surface area (Å²) in [7, 11) is 0. The van der Waals surface area contributed by atoms with Gasteiger partial charge in [-0.25, -0.2) is 9.59 Å². The minimum Gasteiger partial charge on any atom is -0.484 e. The standard InChI is InChI=1S/C19H20O6/c1-10(2)7-16(21)24-17-12-8-11-5-6-15(20)23-13(11)9-14(12)25-19(3,4)18(17)22/h5-9,17-18,22H,1-4H3/t17-,18+/m1/s1. The number of esters is 1. The maximum Gasteiger partial charge on any atom is 0.336 e. The van der Waals surface area contributed by atoms with Crippen molar-refractivity contribution in [3.8, 4) is 5.75 Å². The van der Waals surface area contributed by atoms with Gasteiger partial charge in [-0.2, -0.15) is 0 Å². The molecule has 6 nitrogen and oxygen atoms in total. The summed E-state index contributed by atoms with van der Waals surface area (Å²) in [5.74, 6) is -0.125. The second-order valence-corrected chi connectivity index (χ2v) is 6.91. The minimum atomic E-state index is -1.05. The van der Waals surface area contributed by atoms with Gasteiger partial charge in [-0.3, -0.25) is 0 Å². The van der Waals surface area contributed by atoms with Crippen molar-refractivity contribution in [3.05, 3.63) is 51.9 Å². The van der Waals surface area contributed by atoms with Gasteiger partial charge in [0.25, 0.3) is 0 Å². The monoisotopic (exact) mass is 344 g/mol. The largest absolute Gasteiger partial charge is 0.484 e. The van der Waals surface area contributed by atoms with Gasteiger partial charge in [-0.05, 0) is 39.8 Å². The number of benzene rings is 1. The first kappa shape index (κ1) is 17.2. The van der Waals surface area contributed by atoms with Crippen LogP contribution in [-0.4, -0.2) is 22.8 Å². The van der Waals surface area contributed by atoms with E-state index >= 15 is 0 Å². The number of aliphatic hydroxyl groups excluding tert-OH is 1. The second kappa shape index (κ2) is 6.04. The molecule has 0 spiro atoms. The molecular weight excluding hydrogens is 324 g/mol. The number of carbonyl (C=O) groups is 1. The third-order valence-corrected chi connectivity index (χ3v) is 4.08. The van der Waals surface area contributed by atoms with Gasteiger partial charge in [0.2, 0.25) is 0 Å². The van der Waals surface area contributed by atoms with Crippen LogP contribution < -0.4 is 10.4 Å². The van der Waals surface area contributed by atoms with E-state index in [1.807, 2.05) is 0 Å². The Morgan fingerprint density at radius 1 is 1.28 bits per heavy atom. The highest BCUT2D eigenvalue weighted by atomic mass is 16.6. The summed E-state index contributed by atoms with van der Waals surface area (Å²) in [5, 5.41) is 11.3. The van der Waals surface area contributed by atoms with Crippen LogP contribution in [0, 0.1) is 0 Å². The highest BCUT2D eigenvalue weighted by Crippen LogP contribution is 2.43. The fourth-order valence-electron chi connectivity index (χ4n) is 2.83. The molecule has 6 heteroatoms. The summed E-state index contributed by atoms with van der Waals surface area (Å²) >= 11 is 0. The Bertz CT molecular complexity index is 917. The number of rotatable bonds is 2. The van der Waals surface area contributed by atoms with Crippen LogP contribution in [0.3, 0.4) is 0 Å². The number of ether oxygens (including phenoxy) is 2. The highest BCUT2D eigenvalue weighted by Gasteiger charge is 2.45. The topological polar surface area (TPSA) is 86.0 Å². The van der Waals surface area contributed by atoms with E-state index < -0.39 is 29.4 Å². The molecule has 0 amide bonds. The molecule has 1 aromatic carbocycles. The van der Waals surface area contributed by atoms with Crippen molar-refractivity contribution in [3.63, 3.8) is 0 Å². The van der Waals surface area contributed by atoms with Crippen LogP contribution in [0.15, 0.2) is 45.1 Å². The van der Waals surface area contributed by atoms with Crippen LogP contribution >= 0.6 is 0 Å². The first-order valence-corrected chi connectivity index (χ1v) is 7.98. The fraction of sp³-hybridized carbons (Fsp3) is 0.368. The SMILES string of the molecule is CC(C)=CC(=O)O[C@@H]1c2cc3ccc(=O)oc3cc2OC(C)(C)[C@H]1O. The van der Waals surface area contributed by atoms with E-state index in [0.29, 0.717) is 22.3 Å². The van der Waals surface area contributed by atoms with Gasteiger partial charge < -0.3 is 19.0 Å². The average Bonchev–Trinajstić information content (AvgIpc) is 2.49. The molecule has 2 aromatic rings. The van der Waals surface area contributed by atoms with Gasteiger partial charge in [0, 0.05) is 29.2 Å². The Morgan fingerprint density at radius 2 is 2.00 bits per heavy atom. The van der Waals surface area contributed by atoms with Gasteiger partial charge >= 0.3 is 11.6 Å². The third kappa shape index (κ3) is 3.30. The molecule has 2 atom stereocenters. The Morgan fingerprint density at radius 3 is 2.68 bits per heavy atom. The van der Waals surface area contributed by atoms with E-state index in [9.17, 15) is 14.7 Å². The maximum atomic E-state index is 12.1. The van der Waals surface area contributed by atoms with Crippen molar-refractivity contribution in [1.29, 1.82) is 0 Å². The molecule has 1 aromatic heterocycles. The molecule has 0 fully saturated rings. The zero-order valence-corrected chi connectivity index (χ0v) is 14.5. The van der Waals surface area contributed by atoms with Crippen molar-refractivity contribution >= 4 is 16.9 Å². The van der Waals surface area contributed by atoms with Gasteiger partial charge in [0.05, 0.1) is 0 Å². The lowest BCUT2D eigenvalue weighted by Crippen LogP contribution is -2.49. The smallest absolute Gasteiger partial charge is 0.336 e. The normalized spacial score (nSPS) is 21.2. The quantitative estimate of drug-likeness (QED) is 0.512. The lowest BCUT2D eigenvalue weighted by Gasteiger charge is -2.41. The molecule has 0 unspecified atom stereocenters. The number of aliphatic hydroxyl groups is 1. The zero-order valence-electron chi connectivity index (χ0n) is 14.5. The van der Waals surface area contributed by atoms with E-state index in [0.717, 1.165) is 5.57 Å². The molecule has 0 aliphatic carbocycles. The van der Waals surface area contributed by atoms with Crippen molar-refractivity contribution in [1.82, 2.24) is 0 Å². The molecule has 2 heterocycles. The second-order valence-electron chi connectivity index (χ2n) is 6.91. The molecule has 0 saturated carbocycles. The summed E-state index contributed by atoms with van der Waals surface area (Å²) in [5.41, 5.74) is 0.253. The number of hydrogen-bond donors (Lipinski definition) is 1. The van der Waals surface area contributed by atoms with Crippen LogP contribution in [0.4, 0.5) is 0 Å². The molecule has 1 N–H and O–H groups in total. The van der Waals surface area contributed by atoms with Gasteiger partial charge in [0.1, 0.15) is 23.0 Å². The van der Waals surface area contributed by atoms with Crippen molar-refractivity contribution < 1.29 is 23.8 Å². The summed E-state index contributed by atoms with van der Waals surface area (Å²) < 4.78 is 16.5. The van der Waals surface area contributed by atoms with Crippen LogP contribution in [0.1, 0.15) is 39.4 Å². The number of fused-ring (bicyclic) bond motifs is 2. The molecule has 0 saturated heterocycles. The minimum absolute atomic E-state index is 0.368. The molecule has 0 radical (unpaired) electrons.